The Balaban J connectivity index is 3.37. The summed E-state index contributed by atoms with van der Waals surface area (Å²) in [5.74, 6) is -1.47. The number of nitro benzene ring substituents is 2. The lowest BCUT2D eigenvalue weighted by atomic mass is 10.1. The Morgan fingerprint density at radius 1 is 1.22 bits per heavy atom. The van der Waals surface area contributed by atoms with Gasteiger partial charge < -0.3 is 9.90 Å². The molecule has 8 nitrogen and oxygen atoms in total. The number of aliphatic carboxylic acids is 1. The Morgan fingerprint density at radius 3 is 2.28 bits per heavy atom. The van der Waals surface area contributed by atoms with Gasteiger partial charge in [0.2, 0.25) is 0 Å². The molecule has 0 aliphatic heterocycles. The van der Waals surface area contributed by atoms with Gasteiger partial charge in [-0.25, -0.2) is 0 Å². The highest BCUT2D eigenvalue weighted by atomic mass is 16.6. The molecule has 0 unspecified atom stereocenters. The molecule has 0 aliphatic rings. The summed E-state index contributed by atoms with van der Waals surface area (Å²) in [6.45, 7) is 1.21. The fraction of sp³-hybridized carbons (Fsp3) is 0.100. The average molecular weight is 251 g/mol. The van der Waals surface area contributed by atoms with Crippen molar-refractivity contribution in [1.29, 1.82) is 0 Å². The van der Waals surface area contributed by atoms with Crippen molar-refractivity contribution < 1.29 is 19.7 Å². The number of hydrogen-bond donors (Lipinski definition) is 0. The maximum atomic E-state index is 10.7. The van der Waals surface area contributed by atoms with Crippen molar-refractivity contribution >= 4 is 23.4 Å². The van der Waals surface area contributed by atoms with Crippen LogP contribution in [0.15, 0.2) is 23.8 Å². The molecule has 0 radical (unpaired) electrons. The van der Waals surface area contributed by atoms with Crippen molar-refractivity contribution in [3.63, 3.8) is 0 Å². The number of carboxylic acid groups (broad SMARTS) is 1. The van der Waals surface area contributed by atoms with Crippen LogP contribution in [0.3, 0.4) is 0 Å². The van der Waals surface area contributed by atoms with E-state index in [-0.39, 0.29) is 11.1 Å². The molecule has 0 spiro atoms. The Kier molecular flexibility index (Phi) is 3.72. The summed E-state index contributed by atoms with van der Waals surface area (Å²) in [6, 6.07) is 2.94. The predicted molar refractivity (Wildman–Crippen MR) is 58.4 cm³/mol. The topological polar surface area (TPSA) is 126 Å². The molecule has 1 aromatic carbocycles. The smallest absolute Gasteiger partial charge is 0.283 e. The molecule has 0 heterocycles. The van der Waals surface area contributed by atoms with E-state index < -0.39 is 27.2 Å². The van der Waals surface area contributed by atoms with E-state index in [0.717, 1.165) is 24.3 Å². The number of non-ortho nitro benzene ring substituents is 1. The van der Waals surface area contributed by atoms with Crippen LogP contribution in [0.4, 0.5) is 11.4 Å². The molecular weight excluding hydrogens is 244 g/mol. The Labute approximate surface area is 100 Å². The fourth-order valence-electron chi connectivity index (χ4n) is 1.22. The van der Waals surface area contributed by atoms with Gasteiger partial charge in [0, 0.05) is 6.07 Å². The first kappa shape index (κ1) is 13.3. The Hall–Kier alpha value is -2.77. The predicted octanol–water partition coefficient (Wildman–Crippen LogP) is 0.656. The first-order valence-corrected chi connectivity index (χ1v) is 4.65. The number of nitrogens with zero attached hydrogens (tertiary/aromatic N) is 2. The minimum Gasteiger partial charge on any atom is -0.545 e. The molecule has 1 rings (SSSR count). The van der Waals surface area contributed by atoms with Crippen LogP contribution < -0.4 is 5.11 Å². The van der Waals surface area contributed by atoms with Gasteiger partial charge in [-0.3, -0.25) is 20.2 Å². The van der Waals surface area contributed by atoms with Crippen LogP contribution in [-0.4, -0.2) is 15.8 Å². The lowest BCUT2D eigenvalue weighted by Crippen LogP contribution is -2.22. The standard InChI is InChI=1S/C10H8N2O6/c1-6(10(13)14)4-7-2-3-8(11(15)16)5-9(7)12(17)18/h2-5H,1H3,(H,13,14)/p-1/b6-4+. The van der Waals surface area contributed by atoms with Crippen LogP contribution in [0, 0.1) is 20.2 Å². The second-order valence-electron chi connectivity index (χ2n) is 3.37. The summed E-state index contributed by atoms with van der Waals surface area (Å²) in [5.41, 5.74) is -1.23. The summed E-state index contributed by atoms with van der Waals surface area (Å²) >= 11 is 0. The second kappa shape index (κ2) is 5.04. The van der Waals surface area contributed by atoms with E-state index in [1.807, 2.05) is 0 Å². The lowest BCUT2D eigenvalue weighted by molar-refractivity contribution is -0.394. The van der Waals surface area contributed by atoms with Gasteiger partial charge in [-0.2, -0.15) is 0 Å². The van der Waals surface area contributed by atoms with E-state index in [1.165, 1.54) is 6.92 Å². The van der Waals surface area contributed by atoms with Gasteiger partial charge in [-0.15, -0.1) is 0 Å². The maximum absolute atomic E-state index is 10.7. The fourth-order valence-corrected chi connectivity index (χ4v) is 1.22. The van der Waals surface area contributed by atoms with Crippen molar-refractivity contribution in [2.24, 2.45) is 0 Å². The van der Waals surface area contributed by atoms with Crippen molar-refractivity contribution in [2.75, 3.05) is 0 Å². The molecule has 18 heavy (non-hydrogen) atoms. The first-order chi connectivity index (χ1) is 8.32. The van der Waals surface area contributed by atoms with E-state index >= 15 is 0 Å². The number of carboxylic acids is 1. The minimum absolute atomic E-state index is 0.0349. The number of hydrogen-bond acceptors (Lipinski definition) is 6. The van der Waals surface area contributed by atoms with Gasteiger partial charge >= 0.3 is 0 Å². The second-order valence-corrected chi connectivity index (χ2v) is 3.37. The molecule has 0 saturated heterocycles. The van der Waals surface area contributed by atoms with Gasteiger partial charge in [0.25, 0.3) is 11.4 Å². The van der Waals surface area contributed by atoms with Gasteiger partial charge in [0.1, 0.15) is 0 Å². The zero-order valence-electron chi connectivity index (χ0n) is 9.15. The molecule has 8 heteroatoms. The molecule has 0 fully saturated rings. The van der Waals surface area contributed by atoms with Gasteiger partial charge in [0.15, 0.2) is 0 Å². The van der Waals surface area contributed by atoms with E-state index in [2.05, 4.69) is 0 Å². The summed E-state index contributed by atoms with van der Waals surface area (Å²) in [4.78, 5) is 30.1. The molecular formula is C10H7N2O6-. The summed E-state index contributed by atoms with van der Waals surface area (Å²) in [5, 5.41) is 31.7. The molecule has 0 atom stereocenters. The third-order valence-corrected chi connectivity index (χ3v) is 2.12. The minimum atomic E-state index is -1.47. The number of rotatable bonds is 4. The normalized spacial score (nSPS) is 11.1. The maximum Gasteiger partial charge on any atom is 0.283 e. The summed E-state index contributed by atoms with van der Waals surface area (Å²) in [7, 11) is 0. The third-order valence-electron chi connectivity index (χ3n) is 2.12. The van der Waals surface area contributed by atoms with Crippen LogP contribution in [-0.2, 0) is 4.79 Å². The molecule has 0 amide bonds. The Bertz CT molecular complexity index is 563. The molecule has 0 aliphatic carbocycles. The Morgan fingerprint density at radius 2 is 1.83 bits per heavy atom. The van der Waals surface area contributed by atoms with Gasteiger partial charge in [-0.05, 0) is 24.6 Å². The van der Waals surface area contributed by atoms with Gasteiger partial charge in [-0.1, -0.05) is 0 Å². The average Bonchev–Trinajstić information content (AvgIpc) is 2.28. The summed E-state index contributed by atoms with van der Waals surface area (Å²) in [6.07, 6.45) is 1.02. The van der Waals surface area contributed by atoms with Crippen molar-refractivity contribution in [3.05, 3.63) is 49.6 Å². The molecule has 1 aromatic rings. The highest BCUT2D eigenvalue weighted by molar-refractivity contribution is 5.90. The van der Waals surface area contributed by atoms with Crippen LogP contribution in [0.1, 0.15) is 12.5 Å². The number of benzene rings is 1. The largest absolute Gasteiger partial charge is 0.545 e. The number of carbonyl (C=O) groups is 1. The van der Waals surface area contributed by atoms with Crippen LogP contribution in [0.5, 0.6) is 0 Å². The SMILES string of the molecule is C/C(=C\c1ccc([N+](=O)[O-])cc1[N+](=O)[O-])C(=O)[O-]. The molecule has 0 N–H and O–H groups in total. The van der Waals surface area contributed by atoms with E-state index in [0.29, 0.717) is 0 Å². The highest BCUT2D eigenvalue weighted by Crippen LogP contribution is 2.26. The van der Waals surface area contributed by atoms with E-state index in [1.54, 1.807) is 0 Å². The number of nitro groups is 2. The van der Waals surface area contributed by atoms with Crippen molar-refractivity contribution in [1.82, 2.24) is 0 Å². The van der Waals surface area contributed by atoms with Gasteiger partial charge in [0.05, 0.1) is 27.4 Å². The molecule has 0 saturated carbocycles. The number of carbonyl (C=O) groups excluding carboxylic acids is 1. The van der Waals surface area contributed by atoms with E-state index in [4.69, 9.17) is 0 Å². The van der Waals surface area contributed by atoms with Crippen LogP contribution >= 0.6 is 0 Å². The molecule has 0 aromatic heterocycles. The van der Waals surface area contributed by atoms with Crippen LogP contribution in [0.2, 0.25) is 0 Å². The first-order valence-electron chi connectivity index (χ1n) is 4.65. The van der Waals surface area contributed by atoms with Crippen molar-refractivity contribution in [2.45, 2.75) is 6.92 Å². The zero-order chi connectivity index (χ0) is 13.9. The molecule has 94 valence electrons. The molecule has 0 bridgehead atoms. The quantitative estimate of drug-likeness (QED) is 0.439. The monoisotopic (exact) mass is 251 g/mol. The lowest BCUT2D eigenvalue weighted by Gasteiger charge is -2.02. The highest BCUT2D eigenvalue weighted by Gasteiger charge is 2.18. The van der Waals surface area contributed by atoms with Crippen LogP contribution in [0.25, 0.3) is 6.08 Å². The van der Waals surface area contributed by atoms with E-state index in [9.17, 15) is 30.1 Å². The van der Waals surface area contributed by atoms with Crippen molar-refractivity contribution in [3.8, 4) is 0 Å². The zero-order valence-corrected chi connectivity index (χ0v) is 9.15. The third kappa shape index (κ3) is 2.88. The summed E-state index contributed by atoms with van der Waals surface area (Å²) < 4.78 is 0.